The van der Waals surface area contributed by atoms with E-state index in [0.29, 0.717) is 5.92 Å². The second-order valence-corrected chi connectivity index (χ2v) is 5.94. The Morgan fingerprint density at radius 2 is 1.62 bits per heavy atom. The second-order valence-electron chi connectivity index (χ2n) is 5.94. The summed E-state index contributed by atoms with van der Waals surface area (Å²) in [6.45, 7) is 6.44. The largest absolute Gasteiger partial charge is 0.459 e. The minimum Gasteiger partial charge on any atom is -0.459 e. The van der Waals surface area contributed by atoms with Gasteiger partial charge < -0.3 is 10.2 Å². The van der Waals surface area contributed by atoms with E-state index in [1.165, 1.54) is 5.56 Å². The Morgan fingerprint density at radius 1 is 0.952 bits per heavy atom. The van der Waals surface area contributed by atoms with Gasteiger partial charge in [0.15, 0.2) is 0 Å². The minimum atomic E-state index is -0.224. The Bertz CT molecular complexity index is 753. The summed E-state index contributed by atoms with van der Waals surface area (Å²) in [5, 5.41) is 1.11. The second kappa shape index (κ2) is 5.38. The number of nitrogens with two attached hydrogens (primary N) is 1. The lowest BCUT2D eigenvalue weighted by Crippen LogP contribution is -2.10. The van der Waals surface area contributed by atoms with Gasteiger partial charge in [-0.3, -0.25) is 0 Å². The topological polar surface area (TPSA) is 39.2 Å². The maximum Gasteiger partial charge on any atom is 0.137 e. The quantitative estimate of drug-likeness (QED) is 0.739. The van der Waals surface area contributed by atoms with Crippen LogP contribution in [-0.4, -0.2) is 0 Å². The van der Waals surface area contributed by atoms with Crippen LogP contribution < -0.4 is 5.73 Å². The molecule has 0 spiro atoms. The normalized spacial score (nSPS) is 13.0. The van der Waals surface area contributed by atoms with Crippen LogP contribution in [0.5, 0.6) is 0 Å². The zero-order chi connectivity index (χ0) is 15.0. The number of para-hydroxylation sites is 1. The molecule has 0 bridgehead atoms. The molecule has 0 aliphatic rings. The highest BCUT2D eigenvalue weighted by Gasteiger charge is 2.15. The van der Waals surface area contributed by atoms with Crippen LogP contribution in [-0.2, 0) is 0 Å². The zero-order valence-electron chi connectivity index (χ0n) is 12.8. The van der Waals surface area contributed by atoms with Gasteiger partial charge in [0, 0.05) is 5.39 Å². The molecule has 2 nitrogen and oxygen atoms in total. The fourth-order valence-electron chi connectivity index (χ4n) is 2.63. The van der Waals surface area contributed by atoms with Crippen LogP contribution in [0.1, 0.15) is 48.3 Å². The molecular weight excluding hydrogens is 258 g/mol. The fourth-order valence-corrected chi connectivity index (χ4v) is 2.63. The highest BCUT2D eigenvalue weighted by atomic mass is 16.3. The van der Waals surface area contributed by atoms with Crippen molar-refractivity contribution in [2.75, 3.05) is 0 Å². The van der Waals surface area contributed by atoms with E-state index in [9.17, 15) is 0 Å². The molecule has 0 saturated heterocycles. The molecule has 3 rings (SSSR count). The molecule has 3 aromatic rings. The predicted molar refractivity (Wildman–Crippen MR) is 87.5 cm³/mol. The summed E-state index contributed by atoms with van der Waals surface area (Å²) in [5.41, 5.74) is 10.8. The first-order valence-corrected chi connectivity index (χ1v) is 7.41. The van der Waals surface area contributed by atoms with Crippen LogP contribution in [0.4, 0.5) is 0 Å². The molecule has 0 aliphatic heterocycles. The Hall–Kier alpha value is -2.06. The van der Waals surface area contributed by atoms with Crippen LogP contribution in [0.2, 0.25) is 0 Å². The van der Waals surface area contributed by atoms with E-state index in [1.54, 1.807) is 0 Å². The van der Waals surface area contributed by atoms with Gasteiger partial charge in [-0.25, -0.2) is 0 Å². The van der Waals surface area contributed by atoms with E-state index < -0.39 is 0 Å². The summed E-state index contributed by atoms with van der Waals surface area (Å²) in [6.07, 6.45) is 0. The smallest absolute Gasteiger partial charge is 0.137 e. The van der Waals surface area contributed by atoms with Gasteiger partial charge >= 0.3 is 0 Å². The lowest BCUT2D eigenvalue weighted by atomic mass is 9.98. The molecule has 1 heterocycles. The van der Waals surface area contributed by atoms with Crippen molar-refractivity contribution in [3.63, 3.8) is 0 Å². The number of hydrogen-bond donors (Lipinski definition) is 1. The number of benzene rings is 2. The zero-order valence-corrected chi connectivity index (χ0v) is 12.8. The first-order valence-electron chi connectivity index (χ1n) is 7.41. The molecule has 0 radical (unpaired) electrons. The summed E-state index contributed by atoms with van der Waals surface area (Å²) in [6, 6.07) is 16.5. The van der Waals surface area contributed by atoms with Crippen LogP contribution in [0, 0.1) is 6.92 Å². The molecule has 0 aliphatic carbocycles. The van der Waals surface area contributed by atoms with Crippen molar-refractivity contribution in [2.24, 2.45) is 5.73 Å². The van der Waals surface area contributed by atoms with Crippen LogP contribution in [0.3, 0.4) is 0 Å². The van der Waals surface area contributed by atoms with Crippen LogP contribution in [0.25, 0.3) is 11.0 Å². The van der Waals surface area contributed by atoms with Gasteiger partial charge in [0.25, 0.3) is 0 Å². The third-order valence-corrected chi connectivity index (χ3v) is 4.03. The Kier molecular flexibility index (Phi) is 3.56. The van der Waals surface area contributed by atoms with Gasteiger partial charge in [-0.15, -0.1) is 0 Å². The van der Waals surface area contributed by atoms with Crippen molar-refractivity contribution in [2.45, 2.75) is 32.7 Å². The highest BCUT2D eigenvalue weighted by Crippen LogP contribution is 2.29. The fraction of sp³-hybridized carbons (Fsp3) is 0.263. The number of furan rings is 1. The lowest BCUT2D eigenvalue weighted by molar-refractivity contribution is 0.523. The van der Waals surface area contributed by atoms with Crippen molar-refractivity contribution in [1.82, 2.24) is 0 Å². The monoisotopic (exact) mass is 279 g/mol. The average Bonchev–Trinajstić information content (AvgIpc) is 2.92. The van der Waals surface area contributed by atoms with Crippen molar-refractivity contribution < 1.29 is 4.42 Å². The molecular formula is C19H21NO. The van der Waals surface area contributed by atoms with E-state index in [2.05, 4.69) is 57.2 Å². The molecule has 0 fully saturated rings. The summed E-state index contributed by atoms with van der Waals surface area (Å²) in [5.74, 6) is 1.35. The first-order chi connectivity index (χ1) is 10.1. The molecule has 1 aromatic heterocycles. The van der Waals surface area contributed by atoms with Crippen LogP contribution in [0.15, 0.2) is 52.9 Å². The van der Waals surface area contributed by atoms with Gasteiger partial charge in [-0.1, -0.05) is 56.3 Å². The molecule has 2 heteroatoms. The Labute approximate surface area is 125 Å². The van der Waals surface area contributed by atoms with Crippen molar-refractivity contribution in [3.05, 3.63) is 71.0 Å². The molecule has 21 heavy (non-hydrogen) atoms. The molecule has 1 unspecified atom stereocenters. The van der Waals surface area contributed by atoms with Gasteiger partial charge in [0.1, 0.15) is 11.3 Å². The molecule has 0 amide bonds. The summed E-state index contributed by atoms with van der Waals surface area (Å²) >= 11 is 0. The molecule has 2 aromatic carbocycles. The highest BCUT2D eigenvalue weighted by molar-refractivity contribution is 5.81. The third-order valence-electron chi connectivity index (χ3n) is 4.03. The Balaban J connectivity index is 1.96. The Morgan fingerprint density at radius 3 is 2.24 bits per heavy atom. The first kappa shape index (κ1) is 13.9. The summed E-state index contributed by atoms with van der Waals surface area (Å²) in [7, 11) is 0. The predicted octanol–water partition coefficient (Wildman–Crippen LogP) is 4.91. The van der Waals surface area contributed by atoms with Crippen molar-refractivity contribution >= 4 is 11.0 Å². The molecule has 0 saturated carbocycles. The van der Waals surface area contributed by atoms with Gasteiger partial charge in [-0.05, 0) is 35.6 Å². The van der Waals surface area contributed by atoms with Crippen LogP contribution >= 0.6 is 0 Å². The molecule has 108 valence electrons. The maximum absolute atomic E-state index is 6.36. The SMILES string of the molecule is Cc1cccc2cc(C(N)c3ccc(C(C)C)cc3)oc12. The van der Waals surface area contributed by atoms with Gasteiger partial charge in [-0.2, -0.15) is 0 Å². The number of rotatable bonds is 3. The lowest BCUT2D eigenvalue weighted by Gasteiger charge is -2.11. The van der Waals surface area contributed by atoms with E-state index in [-0.39, 0.29) is 6.04 Å². The average molecular weight is 279 g/mol. The molecule has 1 atom stereocenters. The van der Waals surface area contributed by atoms with E-state index in [4.69, 9.17) is 10.2 Å². The van der Waals surface area contributed by atoms with Gasteiger partial charge in [0.05, 0.1) is 6.04 Å². The number of fused-ring (bicyclic) bond motifs is 1. The van der Waals surface area contributed by atoms with Crippen molar-refractivity contribution in [1.29, 1.82) is 0 Å². The third kappa shape index (κ3) is 2.59. The van der Waals surface area contributed by atoms with Crippen molar-refractivity contribution in [3.8, 4) is 0 Å². The van der Waals surface area contributed by atoms with E-state index >= 15 is 0 Å². The standard InChI is InChI=1S/C19H21NO/c1-12(2)14-7-9-15(10-8-14)18(20)17-11-16-6-4-5-13(3)19(16)21-17/h4-12,18H,20H2,1-3H3. The van der Waals surface area contributed by atoms with Gasteiger partial charge in [0.2, 0.25) is 0 Å². The van der Waals surface area contributed by atoms with E-state index in [1.807, 2.05) is 12.1 Å². The summed E-state index contributed by atoms with van der Waals surface area (Å²) in [4.78, 5) is 0. The molecule has 2 N–H and O–H groups in total. The summed E-state index contributed by atoms with van der Waals surface area (Å²) < 4.78 is 5.97. The minimum absolute atomic E-state index is 0.224. The maximum atomic E-state index is 6.36. The van der Waals surface area contributed by atoms with E-state index in [0.717, 1.165) is 27.9 Å². The number of hydrogen-bond acceptors (Lipinski definition) is 2. The number of aryl methyl sites for hydroxylation is 1.